The van der Waals surface area contributed by atoms with Gasteiger partial charge in [0.1, 0.15) is 0 Å². The Bertz CT molecular complexity index is 369. The second-order valence-electron chi connectivity index (χ2n) is 4.41. The second kappa shape index (κ2) is 6.65. The summed E-state index contributed by atoms with van der Waals surface area (Å²) in [7, 11) is 0. The number of hydrogen-bond donors (Lipinski definition) is 0. The first kappa shape index (κ1) is 16.4. The molecule has 0 bridgehead atoms. The van der Waals surface area contributed by atoms with Gasteiger partial charge in [-0.15, -0.1) is 0 Å². The molecule has 1 aliphatic heterocycles. The van der Waals surface area contributed by atoms with Gasteiger partial charge in [0, 0.05) is 20.8 Å². The van der Waals surface area contributed by atoms with Gasteiger partial charge in [-0.25, -0.2) is 4.39 Å². The molecule has 1 saturated heterocycles. The van der Waals surface area contributed by atoms with E-state index in [9.17, 15) is 18.8 Å². The summed E-state index contributed by atoms with van der Waals surface area (Å²) in [5.41, 5.74) is 0. The van der Waals surface area contributed by atoms with Crippen LogP contribution in [0, 0.1) is 0 Å². The minimum Gasteiger partial charge on any atom is -0.456 e. The molecule has 1 rings (SSSR count). The number of carbonyl (C=O) groups excluding carboxylic acids is 3. The lowest BCUT2D eigenvalue weighted by Gasteiger charge is -2.40. The predicted molar refractivity (Wildman–Crippen MR) is 62.1 cm³/mol. The molecule has 0 aromatic carbocycles. The summed E-state index contributed by atoms with van der Waals surface area (Å²) in [4.78, 5) is 33.2. The molecule has 0 aromatic heterocycles. The standard InChI is InChI=1S/C12H17FO7/c1-5-9(18-6(2)14)10(19-7(3)15)11(12(13)17-5)20-8(4)16/h5,9-12H,1-4H3/t5-,9-,10+,11+,12-/m0/s1. The van der Waals surface area contributed by atoms with Gasteiger partial charge in [-0.3, -0.25) is 14.4 Å². The first-order chi connectivity index (χ1) is 9.22. The Labute approximate surface area is 115 Å². The normalized spacial score (nSPS) is 33.1. The highest BCUT2D eigenvalue weighted by Crippen LogP contribution is 2.29. The predicted octanol–water partition coefficient (Wildman–Crippen LogP) is 0.496. The SMILES string of the molecule is CC(=O)O[C@@H]1[C@@H](OC(C)=O)[C@H](C)O[C@H](F)[C@@H]1OC(C)=O. The van der Waals surface area contributed by atoms with Crippen LogP contribution in [-0.4, -0.2) is 48.7 Å². The van der Waals surface area contributed by atoms with Crippen molar-refractivity contribution >= 4 is 17.9 Å². The number of alkyl halides is 1. The summed E-state index contributed by atoms with van der Waals surface area (Å²) in [6, 6.07) is 0. The topological polar surface area (TPSA) is 88.1 Å². The Morgan fingerprint density at radius 1 is 0.850 bits per heavy atom. The van der Waals surface area contributed by atoms with E-state index in [0.29, 0.717) is 0 Å². The monoisotopic (exact) mass is 292 g/mol. The smallest absolute Gasteiger partial charge is 0.303 e. The van der Waals surface area contributed by atoms with Crippen LogP contribution in [0.4, 0.5) is 4.39 Å². The highest BCUT2D eigenvalue weighted by Gasteiger charge is 2.50. The molecule has 0 aromatic rings. The zero-order valence-corrected chi connectivity index (χ0v) is 11.6. The first-order valence-corrected chi connectivity index (χ1v) is 6.03. The third kappa shape index (κ3) is 4.16. The van der Waals surface area contributed by atoms with Crippen LogP contribution >= 0.6 is 0 Å². The number of esters is 3. The number of halogens is 1. The van der Waals surface area contributed by atoms with Gasteiger partial charge in [0.05, 0.1) is 6.10 Å². The van der Waals surface area contributed by atoms with E-state index in [0.717, 1.165) is 20.8 Å². The average Bonchev–Trinajstić information content (AvgIpc) is 2.27. The van der Waals surface area contributed by atoms with Gasteiger partial charge in [0.2, 0.25) is 6.36 Å². The van der Waals surface area contributed by atoms with E-state index in [-0.39, 0.29) is 0 Å². The summed E-state index contributed by atoms with van der Waals surface area (Å²) >= 11 is 0. The minimum absolute atomic E-state index is 0.651. The van der Waals surface area contributed by atoms with Crippen molar-refractivity contribution in [2.75, 3.05) is 0 Å². The molecule has 0 spiro atoms. The molecule has 8 heteroatoms. The van der Waals surface area contributed by atoms with Crippen molar-refractivity contribution in [1.82, 2.24) is 0 Å². The Morgan fingerprint density at radius 3 is 1.70 bits per heavy atom. The third-order valence-electron chi connectivity index (χ3n) is 2.62. The van der Waals surface area contributed by atoms with Gasteiger partial charge in [-0.2, -0.15) is 0 Å². The van der Waals surface area contributed by atoms with E-state index in [1.165, 1.54) is 6.92 Å². The van der Waals surface area contributed by atoms with Gasteiger partial charge in [-0.1, -0.05) is 0 Å². The van der Waals surface area contributed by atoms with Gasteiger partial charge >= 0.3 is 17.9 Å². The Morgan fingerprint density at radius 2 is 1.25 bits per heavy atom. The fourth-order valence-electron chi connectivity index (χ4n) is 1.96. The molecule has 0 amide bonds. The minimum atomic E-state index is -1.98. The molecule has 0 radical (unpaired) electrons. The zero-order chi connectivity index (χ0) is 15.4. The van der Waals surface area contributed by atoms with Gasteiger partial charge in [-0.05, 0) is 6.92 Å². The lowest BCUT2D eigenvalue weighted by Crippen LogP contribution is -2.59. The highest BCUT2D eigenvalue weighted by atomic mass is 19.1. The highest BCUT2D eigenvalue weighted by molar-refractivity contribution is 5.68. The maximum Gasteiger partial charge on any atom is 0.303 e. The fourth-order valence-corrected chi connectivity index (χ4v) is 1.96. The largest absolute Gasteiger partial charge is 0.456 e. The summed E-state index contributed by atoms with van der Waals surface area (Å²) in [6.07, 6.45) is -6.65. The number of hydrogen-bond acceptors (Lipinski definition) is 7. The molecule has 0 N–H and O–H groups in total. The van der Waals surface area contributed by atoms with Gasteiger partial charge in [0.15, 0.2) is 18.3 Å². The van der Waals surface area contributed by atoms with Crippen LogP contribution in [0.5, 0.6) is 0 Å². The van der Waals surface area contributed by atoms with Crippen LogP contribution in [0.25, 0.3) is 0 Å². The maximum atomic E-state index is 13.8. The van der Waals surface area contributed by atoms with Crippen molar-refractivity contribution in [3.05, 3.63) is 0 Å². The molecule has 7 nitrogen and oxygen atoms in total. The molecular weight excluding hydrogens is 275 g/mol. The van der Waals surface area contributed by atoms with Crippen molar-refractivity contribution in [3.8, 4) is 0 Å². The summed E-state index contributed by atoms with van der Waals surface area (Å²) in [6.45, 7) is 4.81. The van der Waals surface area contributed by atoms with Crippen molar-refractivity contribution in [3.63, 3.8) is 0 Å². The van der Waals surface area contributed by atoms with Gasteiger partial charge in [0.25, 0.3) is 0 Å². The quantitative estimate of drug-likeness (QED) is 0.552. The molecule has 1 heterocycles. The first-order valence-electron chi connectivity index (χ1n) is 6.03. The van der Waals surface area contributed by atoms with E-state index in [1.54, 1.807) is 0 Å². The third-order valence-corrected chi connectivity index (χ3v) is 2.62. The zero-order valence-electron chi connectivity index (χ0n) is 11.6. The fraction of sp³-hybridized carbons (Fsp3) is 0.750. The summed E-state index contributed by atoms with van der Waals surface area (Å²) in [5, 5.41) is 0. The molecule has 20 heavy (non-hydrogen) atoms. The molecule has 114 valence electrons. The van der Waals surface area contributed by atoms with E-state index in [2.05, 4.69) is 0 Å². The summed E-state index contributed by atoms with van der Waals surface area (Å²) in [5.74, 6) is -2.14. The molecule has 0 aliphatic carbocycles. The number of rotatable bonds is 3. The van der Waals surface area contributed by atoms with Crippen molar-refractivity contribution < 1.29 is 37.7 Å². The van der Waals surface area contributed by atoms with E-state index >= 15 is 0 Å². The van der Waals surface area contributed by atoms with Crippen LogP contribution in [0.2, 0.25) is 0 Å². The maximum absolute atomic E-state index is 13.8. The average molecular weight is 292 g/mol. The van der Waals surface area contributed by atoms with Crippen LogP contribution in [0.3, 0.4) is 0 Å². The van der Waals surface area contributed by atoms with Crippen LogP contribution in [-0.2, 0) is 33.3 Å². The molecule has 1 fully saturated rings. The molecule has 0 unspecified atom stereocenters. The van der Waals surface area contributed by atoms with Crippen LogP contribution in [0.15, 0.2) is 0 Å². The van der Waals surface area contributed by atoms with E-state index in [1.807, 2.05) is 0 Å². The number of carbonyl (C=O) groups is 3. The number of ether oxygens (including phenoxy) is 4. The van der Waals surface area contributed by atoms with Crippen LogP contribution in [0.1, 0.15) is 27.7 Å². The Hall–Kier alpha value is -1.70. The van der Waals surface area contributed by atoms with E-state index < -0.39 is 48.7 Å². The second-order valence-corrected chi connectivity index (χ2v) is 4.41. The van der Waals surface area contributed by atoms with Crippen molar-refractivity contribution in [2.24, 2.45) is 0 Å². The Balaban J connectivity index is 3.01. The lowest BCUT2D eigenvalue weighted by molar-refractivity contribution is -0.268. The van der Waals surface area contributed by atoms with Gasteiger partial charge < -0.3 is 18.9 Å². The molecule has 5 atom stereocenters. The summed E-state index contributed by atoms with van der Waals surface area (Å²) < 4.78 is 33.4. The molecule has 0 saturated carbocycles. The molecular formula is C12H17FO7. The van der Waals surface area contributed by atoms with E-state index in [4.69, 9.17) is 18.9 Å². The van der Waals surface area contributed by atoms with Crippen molar-refractivity contribution in [2.45, 2.75) is 58.5 Å². The lowest BCUT2D eigenvalue weighted by atomic mass is 9.99. The molecule has 1 aliphatic rings. The Kier molecular flexibility index (Phi) is 5.43. The van der Waals surface area contributed by atoms with Crippen LogP contribution < -0.4 is 0 Å². The van der Waals surface area contributed by atoms with Crippen molar-refractivity contribution in [1.29, 1.82) is 0 Å².